The van der Waals surface area contributed by atoms with Crippen molar-refractivity contribution in [2.45, 2.75) is 31.6 Å². The zero-order chi connectivity index (χ0) is 23.8. The van der Waals surface area contributed by atoms with Crippen molar-refractivity contribution in [2.75, 3.05) is 38.2 Å². The van der Waals surface area contributed by atoms with Gasteiger partial charge in [0.1, 0.15) is 0 Å². The van der Waals surface area contributed by atoms with Crippen molar-refractivity contribution in [3.8, 4) is 11.5 Å². The number of fused-ring (bicyclic) bond motifs is 1. The van der Waals surface area contributed by atoms with Crippen LogP contribution >= 0.6 is 0 Å². The largest absolute Gasteiger partial charge is 0.490 e. The second-order valence-corrected chi connectivity index (χ2v) is 9.18. The summed E-state index contributed by atoms with van der Waals surface area (Å²) in [6.45, 7) is 5.87. The van der Waals surface area contributed by atoms with E-state index in [0.29, 0.717) is 49.1 Å². The molecule has 1 aliphatic heterocycles. The fourth-order valence-corrected chi connectivity index (χ4v) is 4.39. The number of rotatable bonds is 9. The maximum Gasteiger partial charge on any atom is 0.253 e. The number of hydrogen-bond donors (Lipinski definition) is 2. The van der Waals surface area contributed by atoms with Gasteiger partial charge in [-0.15, -0.1) is 0 Å². The maximum absolute atomic E-state index is 12.6. The molecular formula is C23H29N3O6S. The number of nitrogens with zero attached hydrogens (tertiary/aromatic N) is 1. The number of carbonyl (C=O) groups excluding carboxylic acids is 2. The molecule has 33 heavy (non-hydrogen) atoms. The average molecular weight is 476 g/mol. The van der Waals surface area contributed by atoms with E-state index in [9.17, 15) is 18.0 Å². The molecule has 2 N–H and O–H groups in total. The lowest BCUT2D eigenvalue weighted by atomic mass is 10.1. The highest BCUT2D eigenvalue weighted by atomic mass is 32.2. The third kappa shape index (κ3) is 6.45. The summed E-state index contributed by atoms with van der Waals surface area (Å²) >= 11 is 0. The van der Waals surface area contributed by atoms with Crippen LogP contribution in [0.3, 0.4) is 0 Å². The number of amides is 2. The van der Waals surface area contributed by atoms with Crippen LogP contribution in [0, 0.1) is 0 Å². The monoisotopic (exact) mass is 475 g/mol. The standard InChI is InChI=1S/C23H29N3O6S/c1-3-26(4-2)23(28)17-7-5-8-18(15-17)25-22(27)11-12-24-33(29,30)19-9-10-20-21(16-19)32-14-6-13-31-20/h5,7-10,15-16,24H,3-4,6,11-14H2,1-2H3,(H,25,27). The first-order valence-electron chi connectivity index (χ1n) is 10.9. The van der Waals surface area contributed by atoms with Gasteiger partial charge in [0.25, 0.3) is 5.91 Å². The van der Waals surface area contributed by atoms with Crippen LogP contribution in [0.15, 0.2) is 47.4 Å². The zero-order valence-electron chi connectivity index (χ0n) is 18.8. The van der Waals surface area contributed by atoms with E-state index in [0.717, 1.165) is 6.42 Å². The predicted octanol–water partition coefficient (Wildman–Crippen LogP) is 2.64. The summed E-state index contributed by atoms with van der Waals surface area (Å²) in [6, 6.07) is 11.1. The van der Waals surface area contributed by atoms with Crippen LogP contribution in [0.4, 0.5) is 5.69 Å². The summed E-state index contributed by atoms with van der Waals surface area (Å²) in [5.74, 6) is 0.405. The second-order valence-electron chi connectivity index (χ2n) is 7.41. The van der Waals surface area contributed by atoms with E-state index in [4.69, 9.17) is 9.47 Å². The number of benzene rings is 2. The van der Waals surface area contributed by atoms with Crippen LogP contribution in [0.25, 0.3) is 0 Å². The number of carbonyl (C=O) groups is 2. The van der Waals surface area contributed by atoms with Crippen molar-refractivity contribution < 1.29 is 27.5 Å². The lowest BCUT2D eigenvalue weighted by molar-refractivity contribution is -0.116. The van der Waals surface area contributed by atoms with Gasteiger partial charge < -0.3 is 19.7 Å². The van der Waals surface area contributed by atoms with Gasteiger partial charge in [-0.1, -0.05) is 6.07 Å². The van der Waals surface area contributed by atoms with E-state index in [1.807, 2.05) is 13.8 Å². The first-order chi connectivity index (χ1) is 15.8. The van der Waals surface area contributed by atoms with E-state index < -0.39 is 10.0 Å². The quantitative estimate of drug-likeness (QED) is 0.576. The molecule has 9 nitrogen and oxygen atoms in total. The molecule has 0 saturated carbocycles. The smallest absolute Gasteiger partial charge is 0.253 e. The van der Waals surface area contributed by atoms with Gasteiger partial charge in [0.2, 0.25) is 15.9 Å². The third-order valence-electron chi connectivity index (χ3n) is 5.12. The number of anilines is 1. The zero-order valence-corrected chi connectivity index (χ0v) is 19.6. The van der Waals surface area contributed by atoms with Crippen LogP contribution in [0.5, 0.6) is 11.5 Å². The van der Waals surface area contributed by atoms with Crippen molar-refractivity contribution >= 4 is 27.5 Å². The fraction of sp³-hybridized carbons (Fsp3) is 0.391. The van der Waals surface area contributed by atoms with Crippen molar-refractivity contribution in [3.63, 3.8) is 0 Å². The molecule has 0 aliphatic carbocycles. The Morgan fingerprint density at radius 3 is 2.45 bits per heavy atom. The minimum absolute atomic E-state index is 0.0368. The SMILES string of the molecule is CCN(CC)C(=O)c1cccc(NC(=O)CCNS(=O)(=O)c2ccc3c(c2)OCCCO3)c1. The lowest BCUT2D eigenvalue weighted by Gasteiger charge is -2.19. The molecule has 10 heteroatoms. The number of sulfonamides is 1. The molecule has 0 atom stereocenters. The summed E-state index contributed by atoms with van der Waals surface area (Å²) in [6.07, 6.45) is 0.647. The Morgan fingerprint density at radius 1 is 1.00 bits per heavy atom. The second kappa shape index (κ2) is 11.2. The van der Waals surface area contributed by atoms with Crippen LogP contribution in [-0.4, -0.2) is 58.0 Å². The third-order valence-corrected chi connectivity index (χ3v) is 6.58. The Morgan fingerprint density at radius 2 is 1.73 bits per heavy atom. The molecule has 1 heterocycles. The lowest BCUT2D eigenvalue weighted by Crippen LogP contribution is -2.30. The molecule has 178 valence electrons. The highest BCUT2D eigenvalue weighted by Crippen LogP contribution is 2.31. The Kier molecular flexibility index (Phi) is 8.29. The highest BCUT2D eigenvalue weighted by molar-refractivity contribution is 7.89. The van der Waals surface area contributed by atoms with E-state index in [2.05, 4.69) is 10.0 Å². The summed E-state index contributed by atoms with van der Waals surface area (Å²) < 4.78 is 38.7. The molecule has 3 rings (SSSR count). The van der Waals surface area contributed by atoms with Crippen molar-refractivity contribution in [1.29, 1.82) is 0 Å². The van der Waals surface area contributed by atoms with E-state index >= 15 is 0 Å². The van der Waals surface area contributed by atoms with Crippen LogP contribution in [0.2, 0.25) is 0 Å². The molecule has 2 amide bonds. The highest BCUT2D eigenvalue weighted by Gasteiger charge is 2.19. The van der Waals surface area contributed by atoms with Gasteiger partial charge in [-0.2, -0.15) is 0 Å². The van der Waals surface area contributed by atoms with Crippen molar-refractivity contribution in [1.82, 2.24) is 9.62 Å². The summed E-state index contributed by atoms with van der Waals surface area (Å²) in [5.41, 5.74) is 0.954. The molecule has 2 aromatic rings. The average Bonchev–Trinajstić information content (AvgIpc) is 3.05. The number of nitrogens with one attached hydrogen (secondary N) is 2. The first kappa shape index (κ1) is 24.5. The number of hydrogen-bond acceptors (Lipinski definition) is 6. The maximum atomic E-state index is 12.6. The first-order valence-corrected chi connectivity index (χ1v) is 12.4. The minimum atomic E-state index is -3.82. The van der Waals surface area contributed by atoms with Gasteiger partial charge in [0.15, 0.2) is 11.5 Å². The molecule has 0 bridgehead atoms. The van der Waals surface area contributed by atoms with Gasteiger partial charge in [-0.25, -0.2) is 13.1 Å². The molecule has 0 spiro atoms. The molecule has 0 radical (unpaired) electrons. The van der Waals surface area contributed by atoms with Crippen molar-refractivity contribution in [2.24, 2.45) is 0 Å². The molecule has 1 aliphatic rings. The summed E-state index contributed by atoms with van der Waals surface area (Å²) in [7, 11) is -3.82. The normalized spacial score (nSPS) is 13.2. The Labute approximate surface area is 194 Å². The van der Waals surface area contributed by atoms with Gasteiger partial charge in [-0.05, 0) is 44.2 Å². The Balaban J connectivity index is 1.56. The minimum Gasteiger partial charge on any atom is -0.490 e. The van der Waals surface area contributed by atoms with Gasteiger partial charge >= 0.3 is 0 Å². The number of ether oxygens (including phenoxy) is 2. The molecular weight excluding hydrogens is 446 g/mol. The van der Waals surface area contributed by atoms with E-state index in [1.165, 1.54) is 12.1 Å². The topological polar surface area (TPSA) is 114 Å². The van der Waals surface area contributed by atoms with Crippen molar-refractivity contribution in [3.05, 3.63) is 48.0 Å². The van der Waals surface area contributed by atoms with E-state index in [-0.39, 0.29) is 29.7 Å². The Hall–Kier alpha value is -3.11. The van der Waals surface area contributed by atoms with Gasteiger partial charge in [-0.3, -0.25) is 9.59 Å². The van der Waals surface area contributed by atoms with E-state index in [1.54, 1.807) is 35.2 Å². The molecule has 0 unspecified atom stereocenters. The summed E-state index contributed by atoms with van der Waals surface area (Å²) in [4.78, 5) is 26.5. The molecule has 0 aromatic heterocycles. The molecule has 2 aromatic carbocycles. The molecule has 0 saturated heterocycles. The predicted molar refractivity (Wildman–Crippen MR) is 124 cm³/mol. The van der Waals surface area contributed by atoms with Crippen LogP contribution in [-0.2, 0) is 14.8 Å². The Bertz CT molecular complexity index is 1100. The van der Waals surface area contributed by atoms with Crippen LogP contribution < -0.4 is 19.5 Å². The summed E-state index contributed by atoms with van der Waals surface area (Å²) in [5, 5.41) is 2.71. The van der Waals surface area contributed by atoms with Gasteiger partial charge in [0.05, 0.1) is 18.1 Å². The van der Waals surface area contributed by atoms with Crippen LogP contribution in [0.1, 0.15) is 37.0 Å². The molecule has 0 fully saturated rings. The van der Waals surface area contributed by atoms with Gasteiger partial charge in [0, 0.05) is 49.8 Å². The fourth-order valence-electron chi connectivity index (χ4n) is 3.34.